The number of ether oxygens (including phenoxy) is 2. The number of hydrogen-bond acceptors (Lipinski definition) is 4. The Kier molecular flexibility index (Phi) is 5.36. The molecule has 4 rings (SSSR count). The monoisotopic (exact) mass is 434 g/mol. The maximum absolute atomic E-state index is 12.4. The average molecular weight is 435 g/mol. The number of nitrogens with one attached hydrogen (secondary N) is 1. The summed E-state index contributed by atoms with van der Waals surface area (Å²) >= 11 is 0. The Morgan fingerprint density at radius 2 is 1.91 bits per heavy atom. The van der Waals surface area contributed by atoms with Gasteiger partial charge in [-0.05, 0) is 61.1 Å². The van der Waals surface area contributed by atoms with Crippen LogP contribution in [0.1, 0.15) is 65.2 Å². The molecule has 0 fully saturated rings. The molecule has 0 saturated heterocycles. The van der Waals surface area contributed by atoms with Crippen molar-refractivity contribution in [2.75, 3.05) is 0 Å². The van der Waals surface area contributed by atoms with Crippen molar-refractivity contribution in [3.63, 3.8) is 0 Å². The summed E-state index contributed by atoms with van der Waals surface area (Å²) in [6, 6.07) is 8.01. The highest BCUT2D eigenvalue weighted by atomic mass is 16.5. The molecular weight excluding hydrogens is 400 g/mol. The Morgan fingerprint density at radius 1 is 1.19 bits per heavy atom. The highest BCUT2D eigenvalue weighted by Crippen LogP contribution is 2.42. The van der Waals surface area contributed by atoms with Crippen LogP contribution in [0.4, 0.5) is 0 Å². The minimum atomic E-state index is -0.644. The second kappa shape index (κ2) is 7.66. The number of aromatic nitrogens is 1. The van der Waals surface area contributed by atoms with Crippen LogP contribution in [-0.2, 0) is 21.6 Å². The number of H-pyrrole nitrogens is 1. The van der Waals surface area contributed by atoms with Gasteiger partial charge in [-0.25, -0.2) is 0 Å². The lowest BCUT2D eigenvalue weighted by molar-refractivity contribution is -0.147. The standard InChI is InChI=1S/C27H34N2O3/c1-15(2)22(28)25(30)31-14-16-12-20-19-13-17(26(3,4)5)8-9-21(19)29-23(20)18-10-11-27(6,7)32-24(16)18/h8-13,15,22,29H,14,28H2,1-7H3/t22-/m0/s1. The number of carbonyl (C=O) groups is 1. The van der Waals surface area contributed by atoms with E-state index in [2.05, 4.69) is 62.2 Å². The summed E-state index contributed by atoms with van der Waals surface area (Å²) in [5.74, 6) is 0.369. The van der Waals surface area contributed by atoms with Crippen molar-refractivity contribution in [2.45, 2.75) is 72.1 Å². The summed E-state index contributed by atoms with van der Waals surface area (Å²) in [6.45, 7) is 14.6. The molecule has 5 nitrogen and oxygen atoms in total. The molecular formula is C27H34N2O3. The van der Waals surface area contributed by atoms with E-state index >= 15 is 0 Å². The van der Waals surface area contributed by atoms with Gasteiger partial charge in [0.1, 0.15) is 24.0 Å². The van der Waals surface area contributed by atoms with Crippen LogP contribution in [0.3, 0.4) is 0 Å². The van der Waals surface area contributed by atoms with E-state index in [1.807, 2.05) is 27.7 Å². The molecule has 0 saturated carbocycles. The van der Waals surface area contributed by atoms with Gasteiger partial charge in [0.2, 0.25) is 0 Å². The fourth-order valence-electron chi connectivity index (χ4n) is 4.05. The van der Waals surface area contributed by atoms with Crippen molar-refractivity contribution < 1.29 is 14.3 Å². The molecule has 3 aromatic rings. The maximum atomic E-state index is 12.4. The normalized spacial score (nSPS) is 16.3. The van der Waals surface area contributed by atoms with Gasteiger partial charge in [-0.1, -0.05) is 40.7 Å². The number of carbonyl (C=O) groups excluding carboxylic acids is 1. The molecule has 2 heterocycles. The average Bonchev–Trinajstić information content (AvgIpc) is 3.07. The first kappa shape index (κ1) is 22.4. The molecule has 32 heavy (non-hydrogen) atoms. The van der Waals surface area contributed by atoms with Crippen LogP contribution < -0.4 is 10.5 Å². The molecule has 170 valence electrons. The third kappa shape index (κ3) is 4.02. The lowest BCUT2D eigenvalue weighted by Crippen LogP contribution is -2.37. The second-order valence-electron chi connectivity index (χ2n) is 10.8. The summed E-state index contributed by atoms with van der Waals surface area (Å²) in [5, 5.41) is 2.25. The summed E-state index contributed by atoms with van der Waals surface area (Å²) < 4.78 is 12.0. The molecule has 1 aliphatic rings. The zero-order chi connectivity index (χ0) is 23.4. The number of rotatable bonds is 4. The van der Waals surface area contributed by atoms with Gasteiger partial charge >= 0.3 is 5.97 Å². The lowest BCUT2D eigenvalue weighted by atomic mass is 9.86. The van der Waals surface area contributed by atoms with Crippen molar-refractivity contribution in [1.29, 1.82) is 0 Å². The summed E-state index contributed by atoms with van der Waals surface area (Å²) in [4.78, 5) is 16.0. The molecule has 3 N–H and O–H groups in total. The number of esters is 1. The predicted octanol–water partition coefficient (Wildman–Crippen LogP) is 5.83. The van der Waals surface area contributed by atoms with E-state index in [0.717, 1.165) is 38.7 Å². The SMILES string of the molecule is CC(C)[C@H](N)C(=O)OCc1cc2c([nH]c3ccc(C(C)(C)C)cc32)c2c1OC(C)(C)C=C2. The van der Waals surface area contributed by atoms with Crippen LogP contribution in [0.5, 0.6) is 5.75 Å². The Bertz CT molecular complexity index is 1230. The predicted molar refractivity (Wildman–Crippen MR) is 131 cm³/mol. The lowest BCUT2D eigenvalue weighted by Gasteiger charge is -2.30. The first-order chi connectivity index (χ1) is 14.9. The van der Waals surface area contributed by atoms with Gasteiger partial charge in [0, 0.05) is 27.4 Å². The molecule has 1 aliphatic heterocycles. The second-order valence-corrected chi connectivity index (χ2v) is 10.8. The third-order valence-corrected chi connectivity index (χ3v) is 6.21. The Labute approximate surface area is 190 Å². The van der Waals surface area contributed by atoms with E-state index in [4.69, 9.17) is 15.2 Å². The minimum absolute atomic E-state index is 0.0152. The van der Waals surface area contributed by atoms with Crippen LogP contribution in [-0.4, -0.2) is 22.6 Å². The first-order valence-electron chi connectivity index (χ1n) is 11.3. The number of hydrogen-bond donors (Lipinski definition) is 2. The summed E-state index contributed by atoms with van der Waals surface area (Å²) in [7, 11) is 0. The van der Waals surface area contributed by atoms with Crippen LogP contribution in [0, 0.1) is 5.92 Å². The van der Waals surface area contributed by atoms with Crippen LogP contribution in [0.2, 0.25) is 0 Å². The smallest absolute Gasteiger partial charge is 0.323 e. The Hall–Kier alpha value is -2.79. The Balaban J connectivity index is 1.87. The van der Waals surface area contributed by atoms with E-state index < -0.39 is 17.6 Å². The van der Waals surface area contributed by atoms with Gasteiger partial charge in [-0.2, -0.15) is 0 Å². The minimum Gasteiger partial charge on any atom is -0.483 e. The summed E-state index contributed by atoms with van der Waals surface area (Å²) in [5.41, 5.74) is 10.8. The molecule has 0 spiro atoms. The van der Waals surface area contributed by atoms with Gasteiger partial charge < -0.3 is 20.2 Å². The van der Waals surface area contributed by atoms with E-state index in [-0.39, 0.29) is 17.9 Å². The molecule has 0 aliphatic carbocycles. The molecule has 5 heteroatoms. The van der Waals surface area contributed by atoms with Gasteiger partial charge in [-0.15, -0.1) is 0 Å². The van der Waals surface area contributed by atoms with E-state index in [1.165, 1.54) is 5.56 Å². The van der Waals surface area contributed by atoms with Crippen LogP contribution in [0.25, 0.3) is 27.9 Å². The van der Waals surface area contributed by atoms with Crippen molar-refractivity contribution in [1.82, 2.24) is 4.98 Å². The molecule has 0 radical (unpaired) electrons. The van der Waals surface area contributed by atoms with Gasteiger partial charge in [0.15, 0.2) is 0 Å². The summed E-state index contributed by atoms with van der Waals surface area (Å²) in [6.07, 6.45) is 4.16. The number of nitrogens with two attached hydrogens (primary N) is 1. The molecule has 1 atom stereocenters. The quantitative estimate of drug-likeness (QED) is 0.507. The third-order valence-electron chi connectivity index (χ3n) is 6.21. The zero-order valence-electron chi connectivity index (χ0n) is 20.1. The van der Waals surface area contributed by atoms with Gasteiger partial charge in [-0.3, -0.25) is 4.79 Å². The van der Waals surface area contributed by atoms with E-state index in [9.17, 15) is 4.79 Å². The van der Waals surface area contributed by atoms with Crippen molar-refractivity contribution in [3.8, 4) is 5.75 Å². The fourth-order valence-corrected chi connectivity index (χ4v) is 4.05. The van der Waals surface area contributed by atoms with Gasteiger partial charge in [0.25, 0.3) is 0 Å². The highest BCUT2D eigenvalue weighted by molar-refractivity contribution is 6.11. The van der Waals surface area contributed by atoms with Crippen molar-refractivity contribution in [2.24, 2.45) is 11.7 Å². The molecule has 1 aromatic heterocycles. The van der Waals surface area contributed by atoms with E-state index in [0.29, 0.717) is 0 Å². The maximum Gasteiger partial charge on any atom is 0.323 e. The topological polar surface area (TPSA) is 77.3 Å². The molecule has 0 amide bonds. The highest BCUT2D eigenvalue weighted by Gasteiger charge is 2.28. The van der Waals surface area contributed by atoms with Crippen LogP contribution >= 0.6 is 0 Å². The number of aromatic amines is 1. The number of benzene rings is 2. The number of fused-ring (bicyclic) bond motifs is 5. The first-order valence-corrected chi connectivity index (χ1v) is 11.3. The zero-order valence-corrected chi connectivity index (χ0v) is 20.1. The molecule has 0 bridgehead atoms. The Morgan fingerprint density at radius 3 is 2.56 bits per heavy atom. The van der Waals surface area contributed by atoms with Crippen molar-refractivity contribution >= 4 is 33.9 Å². The van der Waals surface area contributed by atoms with Gasteiger partial charge in [0.05, 0.1) is 5.52 Å². The fraction of sp³-hybridized carbons (Fsp3) is 0.444. The van der Waals surface area contributed by atoms with E-state index in [1.54, 1.807) is 0 Å². The molecule has 2 aromatic carbocycles. The van der Waals surface area contributed by atoms with Crippen LogP contribution in [0.15, 0.2) is 30.3 Å². The molecule has 0 unspecified atom stereocenters. The largest absolute Gasteiger partial charge is 0.483 e. The van der Waals surface area contributed by atoms with Crippen molar-refractivity contribution in [3.05, 3.63) is 47.0 Å².